The van der Waals surface area contributed by atoms with Crippen LogP contribution in [0.1, 0.15) is 89.9 Å². The number of hydrogen-bond acceptors (Lipinski definition) is 2. The van der Waals surface area contributed by atoms with Gasteiger partial charge in [-0.2, -0.15) is 0 Å². The molecule has 0 atom stereocenters. The van der Waals surface area contributed by atoms with Crippen molar-refractivity contribution >= 4 is 12.6 Å². The van der Waals surface area contributed by atoms with E-state index in [0.29, 0.717) is 12.8 Å². The third-order valence-corrected chi connectivity index (χ3v) is 3.60. The predicted molar refractivity (Wildman–Crippen MR) is 101 cm³/mol. The molecule has 0 aromatic heterocycles. The van der Waals surface area contributed by atoms with Crippen LogP contribution in [0.4, 0.5) is 0 Å². The van der Waals surface area contributed by atoms with E-state index in [2.05, 4.69) is 35.8 Å². The molecule has 0 spiro atoms. The lowest BCUT2D eigenvalue weighted by Gasteiger charge is -1.94. The highest BCUT2D eigenvalue weighted by atomic mass is 16.1. The molecule has 0 aromatic rings. The van der Waals surface area contributed by atoms with Gasteiger partial charge in [-0.3, -0.25) is 0 Å². The van der Waals surface area contributed by atoms with Gasteiger partial charge in [0.15, 0.2) is 0 Å². The Hall–Kier alpha value is -1.80. The SMILES string of the molecule is O=CCCCCCCC#CC/C=C\CC#CCCCCCCC=O. The van der Waals surface area contributed by atoms with Crippen LogP contribution >= 0.6 is 0 Å². The van der Waals surface area contributed by atoms with Gasteiger partial charge in [0, 0.05) is 38.5 Å². The summed E-state index contributed by atoms with van der Waals surface area (Å²) in [7, 11) is 0. The third kappa shape index (κ3) is 20.2. The number of carbonyl (C=O) groups excluding carboxylic acids is 2. The lowest BCUT2D eigenvalue weighted by atomic mass is 10.1. The van der Waals surface area contributed by atoms with Gasteiger partial charge < -0.3 is 9.59 Å². The molecule has 0 saturated heterocycles. The van der Waals surface area contributed by atoms with Crippen LogP contribution in [-0.2, 0) is 9.59 Å². The molecule has 132 valence electrons. The fraction of sp³-hybridized carbons (Fsp3) is 0.636. The summed E-state index contributed by atoms with van der Waals surface area (Å²) in [4.78, 5) is 20.3. The normalized spacial score (nSPS) is 9.83. The fourth-order valence-corrected chi connectivity index (χ4v) is 2.19. The zero-order chi connectivity index (χ0) is 17.6. The summed E-state index contributed by atoms with van der Waals surface area (Å²) in [6, 6.07) is 0. The first-order valence-corrected chi connectivity index (χ1v) is 9.35. The molecule has 0 bridgehead atoms. The average Bonchev–Trinajstić information content (AvgIpc) is 2.60. The number of aldehydes is 2. The van der Waals surface area contributed by atoms with E-state index in [9.17, 15) is 9.59 Å². The van der Waals surface area contributed by atoms with Gasteiger partial charge >= 0.3 is 0 Å². The first-order valence-electron chi connectivity index (χ1n) is 9.35. The summed E-state index contributed by atoms with van der Waals surface area (Å²) in [6.07, 6.45) is 20.0. The average molecular weight is 328 g/mol. The highest BCUT2D eigenvalue weighted by molar-refractivity contribution is 5.49. The van der Waals surface area contributed by atoms with E-state index < -0.39 is 0 Å². The molecular weight excluding hydrogens is 296 g/mol. The zero-order valence-corrected chi connectivity index (χ0v) is 15.0. The standard InChI is InChI=1S/C22H32O2/c23-21-19-17-15-13-11-9-7-5-3-1-2-4-6-8-10-12-14-16-18-20-22-24/h1-2,21-22H,3-4,9-20H2/b2-1-. The van der Waals surface area contributed by atoms with E-state index in [1.165, 1.54) is 12.8 Å². The van der Waals surface area contributed by atoms with Gasteiger partial charge in [0.2, 0.25) is 0 Å². The number of unbranched alkanes of at least 4 members (excludes halogenated alkanes) is 10. The molecule has 24 heavy (non-hydrogen) atoms. The monoisotopic (exact) mass is 328 g/mol. The predicted octanol–water partition coefficient (Wildman–Crippen LogP) is 5.41. The van der Waals surface area contributed by atoms with Crippen molar-refractivity contribution < 1.29 is 9.59 Å². The van der Waals surface area contributed by atoms with Crippen molar-refractivity contribution in [3.63, 3.8) is 0 Å². The van der Waals surface area contributed by atoms with E-state index >= 15 is 0 Å². The first kappa shape index (κ1) is 22.2. The molecule has 0 aliphatic carbocycles. The second kappa shape index (κ2) is 21.2. The molecular formula is C22H32O2. The number of carbonyl (C=O) groups is 2. The van der Waals surface area contributed by atoms with Crippen molar-refractivity contribution in [1.29, 1.82) is 0 Å². The van der Waals surface area contributed by atoms with Crippen LogP contribution in [0.15, 0.2) is 12.2 Å². The highest BCUT2D eigenvalue weighted by Crippen LogP contribution is 2.04. The van der Waals surface area contributed by atoms with Crippen LogP contribution < -0.4 is 0 Å². The van der Waals surface area contributed by atoms with Gasteiger partial charge in [-0.15, -0.1) is 11.8 Å². The molecule has 0 saturated carbocycles. The number of rotatable bonds is 14. The van der Waals surface area contributed by atoms with Crippen molar-refractivity contribution in [3.05, 3.63) is 12.2 Å². The van der Waals surface area contributed by atoms with E-state index in [0.717, 1.165) is 76.8 Å². The summed E-state index contributed by atoms with van der Waals surface area (Å²) in [5.74, 6) is 12.7. The fourth-order valence-electron chi connectivity index (χ4n) is 2.19. The topological polar surface area (TPSA) is 34.1 Å². The number of hydrogen-bond donors (Lipinski definition) is 0. The smallest absolute Gasteiger partial charge is 0.119 e. The van der Waals surface area contributed by atoms with Gasteiger partial charge in [0.05, 0.1) is 0 Å². The van der Waals surface area contributed by atoms with E-state index in [4.69, 9.17) is 0 Å². The van der Waals surface area contributed by atoms with Gasteiger partial charge in [-0.25, -0.2) is 0 Å². The molecule has 2 heteroatoms. The Morgan fingerprint density at radius 1 is 0.500 bits per heavy atom. The van der Waals surface area contributed by atoms with Crippen LogP contribution in [0.3, 0.4) is 0 Å². The summed E-state index contributed by atoms with van der Waals surface area (Å²) >= 11 is 0. The van der Waals surface area contributed by atoms with E-state index in [1.54, 1.807) is 0 Å². The summed E-state index contributed by atoms with van der Waals surface area (Å²) in [6.45, 7) is 0. The quantitative estimate of drug-likeness (QED) is 0.185. The molecule has 0 aliphatic rings. The maximum absolute atomic E-state index is 10.2. The molecule has 0 N–H and O–H groups in total. The molecule has 0 amide bonds. The van der Waals surface area contributed by atoms with Crippen LogP contribution in [0.2, 0.25) is 0 Å². The summed E-state index contributed by atoms with van der Waals surface area (Å²) in [5, 5.41) is 0. The Morgan fingerprint density at radius 3 is 1.33 bits per heavy atom. The minimum absolute atomic E-state index is 0.695. The Kier molecular flexibility index (Phi) is 19.6. The molecule has 0 aromatic carbocycles. The van der Waals surface area contributed by atoms with Gasteiger partial charge in [0.1, 0.15) is 12.6 Å². The minimum Gasteiger partial charge on any atom is -0.303 e. The van der Waals surface area contributed by atoms with E-state index in [-0.39, 0.29) is 0 Å². The Labute approximate surface area is 148 Å². The molecule has 0 radical (unpaired) electrons. The van der Waals surface area contributed by atoms with Crippen LogP contribution in [0, 0.1) is 23.7 Å². The Balaban J connectivity index is 3.35. The molecule has 2 nitrogen and oxygen atoms in total. The van der Waals surface area contributed by atoms with Crippen molar-refractivity contribution in [2.45, 2.75) is 89.9 Å². The third-order valence-electron chi connectivity index (χ3n) is 3.60. The second-order valence-electron chi connectivity index (χ2n) is 5.83. The van der Waals surface area contributed by atoms with Gasteiger partial charge in [0.25, 0.3) is 0 Å². The van der Waals surface area contributed by atoms with Crippen LogP contribution in [0.5, 0.6) is 0 Å². The second-order valence-corrected chi connectivity index (χ2v) is 5.83. The lowest BCUT2D eigenvalue weighted by Crippen LogP contribution is -1.79. The molecule has 0 aliphatic heterocycles. The van der Waals surface area contributed by atoms with Crippen molar-refractivity contribution in [3.8, 4) is 23.7 Å². The van der Waals surface area contributed by atoms with Gasteiger partial charge in [-0.05, 0) is 25.7 Å². The minimum atomic E-state index is 0.695. The van der Waals surface area contributed by atoms with Gasteiger partial charge in [-0.1, -0.05) is 49.7 Å². The largest absolute Gasteiger partial charge is 0.303 e. The van der Waals surface area contributed by atoms with Crippen LogP contribution in [-0.4, -0.2) is 12.6 Å². The van der Waals surface area contributed by atoms with Crippen molar-refractivity contribution in [2.75, 3.05) is 0 Å². The van der Waals surface area contributed by atoms with Crippen molar-refractivity contribution in [1.82, 2.24) is 0 Å². The maximum Gasteiger partial charge on any atom is 0.119 e. The Bertz CT molecular complexity index is 398. The summed E-state index contributed by atoms with van der Waals surface area (Å²) in [5.41, 5.74) is 0. The first-order chi connectivity index (χ1) is 11.9. The lowest BCUT2D eigenvalue weighted by molar-refractivity contribution is -0.108. The molecule has 0 heterocycles. The maximum atomic E-state index is 10.2. The Morgan fingerprint density at radius 2 is 0.917 bits per heavy atom. The highest BCUT2D eigenvalue weighted by Gasteiger charge is 1.88. The number of allylic oxidation sites excluding steroid dienone is 2. The van der Waals surface area contributed by atoms with Crippen LogP contribution in [0.25, 0.3) is 0 Å². The molecule has 0 fully saturated rings. The summed E-state index contributed by atoms with van der Waals surface area (Å²) < 4.78 is 0. The molecule has 0 rings (SSSR count). The molecule has 0 unspecified atom stereocenters. The van der Waals surface area contributed by atoms with Crippen molar-refractivity contribution in [2.24, 2.45) is 0 Å². The van der Waals surface area contributed by atoms with E-state index in [1.807, 2.05) is 0 Å². The zero-order valence-electron chi connectivity index (χ0n) is 15.0.